The van der Waals surface area contributed by atoms with Gasteiger partial charge in [-0.25, -0.2) is 0 Å². The van der Waals surface area contributed by atoms with E-state index in [0.29, 0.717) is 0 Å². The first-order chi connectivity index (χ1) is 6.27. The molecule has 3 heteroatoms. The first-order valence-corrected chi connectivity index (χ1v) is 5.01. The maximum Gasteiger partial charge on any atom is 0.0626 e. The third kappa shape index (κ3) is 2.10. The molecule has 1 aliphatic carbocycles. The highest BCUT2D eigenvalue weighted by Crippen LogP contribution is 2.18. The fraction of sp³-hybridized carbons (Fsp3) is 0.700. The first-order valence-electron chi connectivity index (χ1n) is 5.01. The lowest BCUT2D eigenvalue weighted by Crippen LogP contribution is -2.19. The zero-order valence-electron chi connectivity index (χ0n) is 8.35. The van der Waals surface area contributed by atoms with E-state index in [1.807, 2.05) is 0 Å². The van der Waals surface area contributed by atoms with Crippen molar-refractivity contribution in [3.8, 4) is 0 Å². The monoisotopic (exact) mass is 179 g/mol. The van der Waals surface area contributed by atoms with Gasteiger partial charge in [-0.3, -0.25) is 5.10 Å². The van der Waals surface area contributed by atoms with Crippen LogP contribution in [0.4, 0.5) is 0 Å². The molecule has 0 bridgehead atoms. The van der Waals surface area contributed by atoms with Gasteiger partial charge in [-0.1, -0.05) is 0 Å². The van der Waals surface area contributed by atoms with Gasteiger partial charge in [0.05, 0.1) is 5.69 Å². The molecule has 1 fully saturated rings. The summed E-state index contributed by atoms with van der Waals surface area (Å²) in [7, 11) is 0. The van der Waals surface area contributed by atoms with Gasteiger partial charge in [-0.05, 0) is 45.2 Å². The summed E-state index contributed by atoms with van der Waals surface area (Å²) in [5.41, 5.74) is 3.75. The van der Waals surface area contributed by atoms with E-state index in [9.17, 15) is 0 Å². The molecule has 1 aromatic heterocycles. The first kappa shape index (κ1) is 8.75. The van der Waals surface area contributed by atoms with Crippen molar-refractivity contribution in [1.29, 1.82) is 0 Å². The Balaban J connectivity index is 1.84. The van der Waals surface area contributed by atoms with Crippen molar-refractivity contribution in [1.82, 2.24) is 15.5 Å². The van der Waals surface area contributed by atoms with Crippen LogP contribution in [0.3, 0.4) is 0 Å². The lowest BCUT2D eigenvalue weighted by molar-refractivity contribution is 0.679. The summed E-state index contributed by atoms with van der Waals surface area (Å²) >= 11 is 0. The van der Waals surface area contributed by atoms with Crippen LogP contribution < -0.4 is 5.32 Å². The molecule has 0 atom stereocenters. The predicted molar refractivity (Wildman–Crippen MR) is 52.8 cm³/mol. The lowest BCUT2D eigenvalue weighted by Gasteiger charge is -2.02. The van der Waals surface area contributed by atoms with E-state index in [1.54, 1.807) is 0 Å². The van der Waals surface area contributed by atoms with Crippen LogP contribution in [0.1, 0.15) is 29.8 Å². The molecule has 0 aliphatic heterocycles. The van der Waals surface area contributed by atoms with E-state index >= 15 is 0 Å². The molecule has 2 rings (SSSR count). The number of aromatic nitrogens is 2. The van der Waals surface area contributed by atoms with Gasteiger partial charge in [-0.2, -0.15) is 5.10 Å². The average molecular weight is 179 g/mol. The summed E-state index contributed by atoms with van der Waals surface area (Å²) in [6.07, 6.45) is 3.83. The summed E-state index contributed by atoms with van der Waals surface area (Å²) in [5.74, 6) is 0. The van der Waals surface area contributed by atoms with Crippen molar-refractivity contribution in [3.63, 3.8) is 0 Å². The normalized spacial score (nSPS) is 16.5. The van der Waals surface area contributed by atoms with Crippen LogP contribution in [-0.2, 0) is 6.42 Å². The fourth-order valence-corrected chi connectivity index (χ4v) is 1.63. The molecule has 13 heavy (non-hydrogen) atoms. The molecular formula is C10H17N3. The maximum absolute atomic E-state index is 4.18. The molecule has 2 N–H and O–H groups in total. The number of aromatic amines is 1. The van der Waals surface area contributed by atoms with Crippen molar-refractivity contribution in [2.45, 2.75) is 39.2 Å². The van der Waals surface area contributed by atoms with Crippen LogP contribution in [0.25, 0.3) is 0 Å². The van der Waals surface area contributed by atoms with Gasteiger partial charge in [0.25, 0.3) is 0 Å². The molecule has 0 unspecified atom stereocenters. The van der Waals surface area contributed by atoms with Crippen LogP contribution in [0.15, 0.2) is 0 Å². The second-order valence-corrected chi connectivity index (χ2v) is 3.89. The Morgan fingerprint density at radius 2 is 2.23 bits per heavy atom. The molecular weight excluding hydrogens is 162 g/mol. The number of H-pyrrole nitrogens is 1. The molecule has 1 aromatic rings. The Labute approximate surface area is 78.9 Å². The quantitative estimate of drug-likeness (QED) is 0.732. The molecule has 3 nitrogen and oxygen atoms in total. The number of hydrogen-bond acceptors (Lipinski definition) is 2. The number of nitrogens with one attached hydrogen (secondary N) is 2. The van der Waals surface area contributed by atoms with E-state index in [4.69, 9.17) is 0 Å². The van der Waals surface area contributed by atoms with Gasteiger partial charge in [0.15, 0.2) is 0 Å². The number of nitrogens with zero attached hydrogens (tertiary/aromatic N) is 1. The van der Waals surface area contributed by atoms with Crippen molar-refractivity contribution in [2.75, 3.05) is 6.54 Å². The minimum Gasteiger partial charge on any atom is -0.314 e. The van der Waals surface area contributed by atoms with Gasteiger partial charge in [0, 0.05) is 11.7 Å². The smallest absolute Gasteiger partial charge is 0.0626 e. The SMILES string of the molecule is Cc1n[nH]c(C)c1CCNC1CC1. The van der Waals surface area contributed by atoms with Crippen LogP contribution in [0, 0.1) is 13.8 Å². The Morgan fingerprint density at radius 3 is 2.77 bits per heavy atom. The third-order valence-corrected chi connectivity index (χ3v) is 2.67. The Kier molecular flexibility index (Phi) is 2.36. The highest BCUT2D eigenvalue weighted by Gasteiger charge is 2.19. The highest BCUT2D eigenvalue weighted by atomic mass is 15.1. The zero-order valence-corrected chi connectivity index (χ0v) is 8.35. The fourth-order valence-electron chi connectivity index (χ4n) is 1.63. The van der Waals surface area contributed by atoms with E-state index in [2.05, 4.69) is 29.4 Å². The van der Waals surface area contributed by atoms with E-state index in [0.717, 1.165) is 24.7 Å². The van der Waals surface area contributed by atoms with Gasteiger partial charge in [-0.15, -0.1) is 0 Å². The molecule has 0 amide bonds. The highest BCUT2D eigenvalue weighted by molar-refractivity contribution is 5.23. The topological polar surface area (TPSA) is 40.7 Å². The summed E-state index contributed by atoms with van der Waals surface area (Å²) in [4.78, 5) is 0. The lowest BCUT2D eigenvalue weighted by atomic mass is 10.1. The molecule has 0 radical (unpaired) electrons. The molecule has 0 saturated heterocycles. The van der Waals surface area contributed by atoms with Gasteiger partial charge in [0.1, 0.15) is 0 Å². The van der Waals surface area contributed by atoms with E-state index < -0.39 is 0 Å². The van der Waals surface area contributed by atoms with E-state index in [1.165, 1.54) is 24.1 Å². The number of aryl methyl sites for hydroxylation is 2. The Bertz CT molecular complexity index is 267. The van der Waals surface area contributed by atoms with Crippen LogP contribution in [-0.4, -0.2) is 22.8 Å². The third-order valence-electron chi connectivity index (χ3n) is 2.67. The molecule has 0 aromatic carbocycles. The van der Waals surface area contributed by atoms with Crippen molar-refractivity contribution in [2.24, 2.45) is 0 Å². The van der Waals surface area contributed by atoms with Crippen LogP contribution in [0.2, 0.25) is 0 Å². The standard InChI is InChI=1S/C10H17N3/c1-7-10(8(2)13-12-7)5-6-11-9-3-4-9/h9,11H,3-6H2,1-2H3,(H,12,13). The number of rotatable bonds is 4. The molecule has 1 saturated carbocycles. The maximum atomic E-state index is 4.18. The van der Waals surface area contributed by atoms with Gasteiger partial charge < -0.3 is 5.32 Å². The van der Waals surface area contributed by atoms with Crippen molar-refractivity contribution < 1.29 is 0 Å². The second kappa shape index (κ2) is 3.50. The van der Waals surface area contributed by atoms with Crippen LogP contribution >= 0.6 is 0 Å². The van der Waals surface area contributed by atoms with E-state index in [-0.39, 0.29) is 0 Å². The van der Waals surface area contributed by atoms with Crippen molar-refractivity contribution in [3.05, 3.63) is 17.0 Å². The zero-order chi connectivity index (χ0) is 9.26. The summed E-state index contributed by atoms with van der Waals surface area (Å²) in [6, 6.07) is 0.813. The predicted octanol–water partition coefficient (Wildman–Crippen LogP) is 1.32. The minimum absolute atomic E-state index is 0.813. The largest absolute Gasteiger partial charge is 0.314 e. The minimum atomic E-state index is 0.813. The van der Waals surface area contributed by atoms with Gasteiger partial charge >= 0.3 is 0 Å². The summed E-state index contributed by atoms with van der Waals surface area (Å²) < 4.78 is 0. The molecule has 1 aliphatic rings. The van der Waals surface area contributed by atoms with Crippen LogP contribution in [0.5, 0.6) is 0 Å². The van der Waals surface area contributed by atoms with Gasteiger partial charge in [0.2, 0.25) is 0 Å². The molecule has 1 heterocycles. The van der Waals surface area contributed by atoms with Crippen molar-refractivity contribution >= 4 is 0 Å². The second-order valence-electron chi connectivity index (χ2n) is 3.89. The molecule has 72 valence electrons. The molecule has 0 spiro atoms. The Hall–Kier alpha value is -0.830. The number of hydrogen-bond donors (Lipinski definition) is 2. The summed E-state index contributed by atoms with van der Waals surface area (Å²) in [5, 5.41) is 10.7. The average Bonchev–Trinajstić information content (AvgIpc) is 2.86. The summed E-state index contributed by atoms with van der Waals surface area (Å²) in [6.45, 7) is 5.24. The Morgan fingerprint density at radius 1 is 1.46 bits per heavy atom.